The highest BCUT2D eigenvalue weighted by Crippen LogP contribution is 2.35. The molecule has 192 valence electrons. The highest BCUT2D eigenvalue weighted by molar-refractivity contribution is 9.10. The predicted octanol–water partition coefficient (Wildman–Crippen LogP) is 6.98. The van der Waals surface area contributed by atoms with Crippen LogP contribution in [0.15, 0.2) is 80.8 Å². The zero-order chi connectivity index (χ0) is 26.4. The van der Waals surface area contributed by atoms with Crippen molar-refractivity contribution in [1.82, 2.24) is 4.98 Å². The van der Waals surface area contributed by atoms with E-state index in [1.54, 1.807) is 12.4 Å². The molecule has 0 fully saturated rings. The summed E-state index contributed by atoms with van der Waals surface area (Å²) >= 11 is 3.44. The van der Waals surface area contributed by atoms with Crippen LogP contribution in [0.5, 0.6) is 0 Å². The zero-order valence-corrected chi connectivity index (χ0v) is 23.4. The maximum absolute atomic E-state index is 13.2. The lowest BCUT2D eigenvalue weighted by Gasteiger charge is -2.31. The van der Waals surface area contributed by atoms with Crippen LogP contribution < -0.4 is 10.2 Å². The number of hydrogen-bond acceptors (Lipinski definition) is 6. The monoisotopic (exact) mass is 560 g/mol. The molecule has 4 rings (SSSR count). The Morgan fingerprint density at radius 1 is 1.00 bits per heavy atom. The average molecular weight is 562 g/mol. The molecule has 3 aromatic rings. The number of anilines is 2. The summed E-state index contributed by atoms with van der Waals surface area (Å²) in [4.78, 5) is 19.8. The number of amides is 1. The minimum Gasteiger partial charge on any atom is -0.369 e. The second-order valence-corrected chi connectivity index (χ2v) is 11.1. The Morgan fingerprint density at radius 3 is 2.38 bits per heavy atom. The van der Waals surface area contributed by atoms with E-state index in [0.717, 1.165) is 56.9 Å². The average Bonchev–Trinajstić information content (AvgIpc) is 3.38. The molecule has 1 amide bonds. The molecule has 1 N–H and O–H groups in total. The van der Waals surface area contributed by atoms with Gasteiger partial charge in [0.05, 0.1) is 23.5 Å². The number of aromatic nitrogens is 1. The van der Waals surface area contributed by atoms with E-state index in [-0.39, 0.29) is 12.3 Å². The molecular formula is C29H33BrN6O. The standard InChI is InChI=1S/C29H33BrN6O/c1-19(2)17-36(18-20(3)4)28-10-9-22(24-7-5-6-8-25(24)27-16-32-35-34-27)13-26(28)33-29(37)12-21-11-23(30)15-31-14-21/h5-11,13-15,19-20H,12,16-18H2,1-4H3,(H,33,37). The Labute approximate surface area is 227 Å². The van der Waals surface area contributed by atoms with E-state index < -0.39 is 0 Å². The van der Waals surface area contributed by atoms with Gasteiger partial charge in [-0.15, -0.1) is 5.10 Å². The molecule has 8 heteroatoms. The molecule has 1 aliphatic rings. The maximum Gasteiger partial charge on any atom is 0.228 e. The van der Waals surface area contributed by atoms with E-state index in [4.69, 9.17) is 0 Å². The fourth-order valence-corrected chi connectivity index (χ4v) is 4.92. The van der Waals surface area contributed by atoms with Crippen LogP contribution in [0.1, 0.15) is 38.8 Å². The molecule has 0 saturated heterocycles. The van der Waals surface area contributed by atoms with Gasteiger partial charge in [-0.2, -0.15) is 5.11 Å². The molecule has 1 aromatic heterocycles. The molecule has 2 heterocycles. The van der Waals surface area contributed by atoms with E-state index in [1.807, 2.05) is 24.3 Å². The van der Waals surface area contributed by atoms with Crippen molar-refractivity contribution < 1.29 is 4.79 Å². The molecule has 1 aliphatic heterocycles. The zero-order valence-electron chi connectivity index (χ0n) is 21.8. The van der Waals surface area contributed by atoms with Gasteiger partial charge in [-0.25, -0.2) is 0 Å². The largest absolute Gasteiger partial charge is 0.369 e. The summed E-state index contributed by atoms with van der Waals surface area (Å²) in [6.45, 7) is 11.1. The van der Waals surface area contributed by atoms with Crippen molar-refractivity contribution >= 4 is 38.9 Å². The molecule has 2 aromatic carbocycles. The molecule has 0 aliphatic carbocycles. The van der Waals surface area contributed by atoms with Crippen LogP contribution in [-0.4, -0.2) is 36.2 Å². The second kappa shape index (κ2) is 12.2. The number of benzene rings is 2. The summed E-state index contributed by atoms with van der Waals surface area (Å²) in [5, 5.41) is 15.3. The van der Waals surface area contributed by atoms with Crippen molar-refractivity contribution in [3.05, 3.63) is 76.5 Å². The van der Waals surface area contributed by atoms with Crippen LogP contribution in [-0.2, 0) is 11.2 Å². The van der Waals surface area contributed by atoms with Crippen LogP contribution >= 0.6 is 15.9 Å². The molecule has 37 heavy (non-hydrogen) atoms. The summed E-state index contributed by atoms with van der Waals surface area (Å²) in [5.74, 6) is 0.866. The molecule has 0 spiro atoms. The molecule has 0 atom stereocenters. The molecule has 0 radical (unpaired) electrons. The number of hydrogen-bond donors (Lipinski definition) is 1. The third-order valence-corrected chi connectivity index (χ3v) is 6.34. The normalized spacial score (nSPS) is 12.8. The summed E-state index contributed by atoms with van der Waals surface area (Å²) < 4.78 is 0.852. The highest BCUT2D eigenvalue weighted by atomic mass is 79.9. The van der Waals surface area contributed by atoms with Gasteiger partial charge >= 0.3 is 0 Å². The summed E-state index contributed by atoms with van der Waals surface area (Å²) in [7, 11) is 0. The lowest BCUT2D eigenvalue weighted by molar-refractivity contribution is -0.115. The van der Waals surface area contributed by atoms with Gasteiger partial charge < -0.3 is 10.2 Å². The van der Waals surface area contributed by atoms with Crippen molar-refractivity contribution in [3.63, 3.8) is 0 Å². The minimum absolute atomic E-state index is 0.0848. The lowest BCUT2D eigenvalue weighted by atomic mass is 9.95. The summed E-state index contributed by atoms with van der Waals surface area (Å²) in [6, 6.07) is 16.4. The van der Waals surface area contributed by atoms with Crippen LogP contribution in [0.2, 0.25) is 0 Å². The number of pyridine rings is 1. The van der Waals surface area contributed by atoms with Gasteiger partial charge in [0.25, 0.3) is 0 Å². The van der Waals surface area contributed by atoms with Gasteiger partial charge in [-0.1, -0.05) is 58.0 Å². The summed E-state index contributed by atoms with van der Waals surface area (Å²) in [6.07, 6.45) is 3.67. The number of carbonyl (C=O) groups excluding carboxylic acids is 1. The second-order valence-electron chi connectivity index (χ2n) is 10.1. The predicted molar refractivity (Wildman–Crippen MR) is 154 cm³/mol. The smallest absolute Gasteiger partial charge is 0.228 e. The van der Waals surface area contributed by atoms with Gasteiger partial charge in [-0.3, -0.25) is 9.78 Å². The Hall–Kier alpha value is -3.39. The quantitative estimate of drug-likeness (QED) is 0.290. The van der Waals surface area contributed by atoms with Crippen molar-refractivity contribution in [2.45, 2.75) is 34.1 Å². The lowest BCUT2D eigenvalue weighted by Crippen LogP contribution is -2.32. The van der Waals surface area contributed by atoms with Crippen LogP contribution in [0, 0.1) is 11.8 Å². The van der Waals surface area contributed by atoms with E-state index in [1.165, 1.54) is 0 Å². The van der Waals surface area contributed by atoms with E-state index >= 15 is 0 Å². The highest BCUT2D eigenvalue weighted by Gasteiger charge is 2.19. The van der Waals surface area contributed by atoms with Gasteiger partial charge in [-0.05, 0) is 67.9 Å². The Bertz CT molecular complexity index is 1310. The number of carbonyl (C=O) groups is 1. The maximum atomic E-state index is 13.2. The van der Waals surface area contributed by atoms with Crippen LogP contribution in [0.3, 0.4) is 0 Å². The van der Waals surface area contributed by atoms with Crippen molar-refractivity contribution in [1.29, 1.82) is 0 Å². The number of nitrogens with zero attached hydrogens (tertiary/aromatic N) is 5. The van der Waals surface area contributed by atoms with E-state index in [9.17, 15) is 4.79 Å². The third-order valence-electron chi connectivity index (χ3n) is 5.91. The summed E-state index contributed by atoms with van der Waals surface area (Å²) in [5.41, 5.74) is 6.54. The molecular weight excluding hydrogens is 528 g/mol. The first-order chi connectivity index (χ1) is 17.8. The van der Waals surface area contributed by atoms with Gasteiger partial charge in [0.1, 0.15) is 6.54 Å². The van der Waals surface area contributed by atoms with Crippen LogP contribution in [0.4, 0.5) is 11.4 Å². The number of nitrogens with one attached hydrogen (secondary N) is 1. The van der Waals surface area contributed by atoms with Gasteiger partial charge in [0, 0.05) is 35.5 Å². The molecule has 0 saturated carbocycles. The Balaban J connectivity index is 1.73. The molecule has 7 nitrogen and oxygen atoms in total. The number of halogens is 1. The fourth-order valence-electron chi connectivity index (χ4n) is 4.51. The first-order valence-electron chi connectivity index (χ1n) is 12.6. The Kier molecular flexibility index (Phi) is 8.82. The van der Waals surface area contributed by atoms with Gasteiger partial charge in [0.2, 0.25) is 5.91 Å². The third kappa shape index (κ3) is 7.10. The van der Waals surface area contributed by atoms with Gasteiger partial charge in [0.15, 0.2) is 0 Å². The SMILES string of the molecule is CC(C)CN(CC(C)C)c1ccc(-c2ccccc2C2=NN=NC2)cc1NC(=O)Cc1cncc(Br)c1. The Morgan fingerprint density at radius 2 is 1.73 bits per heavy atom. The minimum atomic E-state index is -0.0848. The number of rotatable bonds is 10. The molecule has 0 unspecified atom stereocenters. The molecule has 0 bridgehead atoms. The first-order valence-corrected chi connectivity index (χ1v) is 13.4. The van der Waals surface area contributed by atoms with E-state index in [2.05, 4.69) is 98.5 Å². The fraction of sp³-hybridized carbons (Fsp3) is 0.345. The first kappa shape index (κ1) is 26.7. The van der Waals surface area contributed by atoms with Crippen molar-refractivity contribution in [2.75, 3.05) is 29.9 Å². The van der Waals surface area contributed by atoms with Crippen molar-refractivity contribution in [3.8, 4) is 11.1 Å². The van der Waals surface area contributed by atoms with Crippen molar-refractivity contribution in [2.24, 2.45) is 27.3 Å². The van der Waals surface area contributed by atoms with Crippen LogP contribution in [0.25, 0.3) is 11.1 Å². The topological polar surface area (TPSA) is 82.3 Å². The van der Waals surface area contributed by atoms with E-state index in [0.29, 0.717) is 18.4 Å².